The Balaban J connectivity index is 1.48. The van der Waals surface area contributed by atoms with Crippen LogP contribution in [0.2, 0.25) is 0 Å². The zero-order valence-electron chi connectivity index (χ0n) is 15.5. The lowest BCUT2D eigenvalue weighted by Crippen LogP contribution is -2.27. The molecule has 0 bridgehead atoms. The number of carbonyl (C=O) groups excluding carboxylic acids is 1. The summed E-state index contributed by atoms with van der Waals surface area (Å²) in [6.07, 6.45) is 3.30. The fourth-order valence-corrected chi connectivity index (χ4v) is 3.08. The second-order valence-electron chi connectivity index (χ2n) is 6.43. The van der Waals surface area contributed by atoms with Gasteiger partial charge in [0.25, 0.3) is 5.91 Å². The SMILES string of the molecule is Cc1c(C(C)NC(=O)c2ccc(-n3cnnn3)cc2)cnn1-c1ccccc1. The number of benzene rings is 2. The number of amides is 1. The molecule has 2 aromatic heterocycles. The van der Waals surface area contributed by atoms with Gasteiger partial charge < -0.3 is 5.32 Å². The summed E-state index contributed by atoms with van der Waals surface area (Å²) < 4.78 is 3.41. The van der Waals surface area contributed by atoms with Gasteiger partial charge in [0.15, 0.2) is 0 Å². The molecule has 0 saturated carbocycles. The molecule has 0 aliphatic carbocycles. The van der Waals surface area contributed by atoms with Gasteiger partial charge in [-0.2, -0.15) is 5.10 Å². The molecule has 1 amide bonds. The number of para-hydroxylation sites is 1. The molecular weight excluding hydrogens is 354 g/mol. The lowest BCUT2D eigenvalue weighted by Gasteiger charge is -2.14. The third-order valence-electron chi connectivity index (χ3n) is 4.61. The zero-order valence-corrected chi connectivity index (χ0v) is 15.5. The monoisotopic (exact) mass is 373 g/mol. The summed E-state index contributed by atoms with van der Waals surface area (Å²) in [5, 5.41) is 18.5. The lowest BCUT2D eigenvalue weighted by molar-refractivity contribution is 0.0940. The predicted octanol–water partition coefficient (Wildman–Crippen LogP) is 2.65. The van der Waals surface area contributed by atoms with Gasteiger partial charge in [0.05, 0.1) is 23.6 Å². The Kier molecular flexibility index (Phi) is 4.67. The molecule has 4 rings (SSSR count). The van der Waals surface area contributed by atoms with Crippen molar-refractivity contribution in [2.45, 2.75) is 19.9 Å². The molecule has 2 aromatic carbocycles. The van der Waals surface area contributed by atoms with Gasteiger partial charge in [-0.15, -0.1) is 5.10 Å². The lowest BCUT2D eigenvalue weighted by atomic mass is 10.1. The highest BCUT2D eigenvalue weighted by Gasteiger charge is 2.17. The molecule has 1 unspecified atom stereocenters. The predicted molar refractivity (Wildman–Crippen MR) is 103 cm³/mol. The van der Waals surface area contributed by atoms with Crippen LogP contribution < -0.4 is 5.32 Å². The molecule has 1 atom stereocenters. The van der Waals surface area contributed by atoms with E-state index in [1.54, 1.807) is 30.5 Å². The summed E-state index contributed by atoms with van der Waals surface area (Å²) in [6.45, 7) is 3.95. The molecule has 0 saturated heterocycles. The molecule has 8 nitrogen and oxygen atoms in total. The average Bonchev–Trinajstić information content (AvgIpc) is 3.39. The van der Waals surface area contributed by atoms with Crippen LogP contribution in [0.5, 0.6) is 0 Å². The second kappa shape index (κ2) is 7.43. The van der Waals surface area contributed by atoms with Crippen molar-refractivity contribution < 1.29 is 4.79 Å². The highest BCUT2D eigenvalue weighted by atomic mass is 16.1. The van der Waals surface area contributed by atoms with E-state index in [4.69, 9.17) is 0 Å². The quantitative estimate of drug-likeness (QED) is 0.581. The molecular formula is C20H19N7O. The smallest absolute Gasteiger partial charge is 0.251 e. The molecule has 8 heteroatoms. The summed E-state index contributed by atoms with van der Waals surface area (Å²) in [4.78, 5) is 12.6. The first-order valence-electron chi connectivity index (χ1n) is 8.87. The summed E-state index contributed by atoms with van der Waals surface area (Å²) in [6, 6.07) is 16.8. The van der Waals surface area contributed by atoms with Crippen LogP contribution in [0.25, 0.3) is 11.4 Å². The van der Waals surface area contributed by atoms with E-state index in [9.17, 15) is 4.79 Å². The highest BCUT2D eigenvalue weighted by Crippen LogP contribution is 2.20. The van der Waals surface area contributed by atoms with Crippen LogP contribution in [-0.2, 0) is 0 Å². The summed E-state index contributed by atoms with van der Waals surface area (Å²) in [7, 11) is 0. The number of nitrogens with one attached hydrogen (secondary N) is 1. The number of nitrogens with zero attached hydrogens (tertiary/aromatic N) is 6. The van der Waals surface area contributed by atoms with Crippen LogP contribution in [0.4, 0.5) is 0 Å². The molecule has 0 aliphatic rings. The molecule has 1 N–H and O–H groups in total. The Morgan fingerprint density at radius 2 is 1.79 bits per heavy atom. The van der Waals surface area contributed by atoms with Crippen molar-refractivity contribution in [1.82, 2.24) is 35.3 Å². The second-order valence-corrected chi connectivity index (χ2v) is 6.43. The highest BCUT2D eigenvalue weighted by molar-refractivity contribution is 5.94. The van der Waals surface area contributed by atoms with Gasteiger partial charge in [-0.1, -0.05) is 18.2 Å². The molecule has 2 heterocycles. The number of hydrogen-bond acceptors (Lipinski definition) is 5. The standard InChI is InChI=1S/C20H19N7O/c1-14(19-12-22-27(15(19)2)18-6-4-3-5-7-18)23-20(28)16-8-10-17(11-9-16)26-13-21-24-25-26/h3-14H,1-2H3,(H,23,28). The van der Waals surface area contributed by atoms with Gasteiger partial charge in [0.1, 0.15) is 6.33 Å². The van der Waals surface area contributed by atoms with Crippen molar-refractivity contribution >= 4 is 5.91 Å². The van der Waals surface area contributed by atoms with Crippen molar-refractivity contribution in [2.24, 2.45) is 0 Å². The maximum atomic E-state index is 12.6. The fourth-order valence-electron chi connectivity index (χ4n) is 3.08. The summed E-state index contributed by atoms with van der Waals surface area (Å²) in [5.41, 5.74) is 4.31. The zero-order chi connectivity index (χ0) is 19.5. The molecule has 0 spiro atoms. The first kappa shape index (κ1) is 17.6. The maximum absolute atomic E-state index is 12.6. The van der Waals surface area contributed by atoms with E-state index in [2.05, 4.69) is 25.9 Å². The van der Waals surface area contributed by atoms with Gasteiger partial charge in [-0.25, -0.2) is 9.36 Å². The van der Waals surface area contributed by atoms with Crippen LogP contribution in [-0.4, -0.2) is 35.9 Å². The minimum atomic E-state index is -0.177. The maximum Gasteiger partial charge on any atom is 0.251 e. The Hall–Kier alpha value is -3.81. The fraction of sp³-hybridized carbons (Fsp3) is 0.150. The van der Waals surface area contributed by atoms with Crippen LogP contribution in [0.3, 0.4) is 0 Å². The van der Waals surface area contributed by atoms with E-state index in [1.807, 2.05) is 48.9 Å². The van der Waals surface area contributed by atoms with E-state index < -0.39 is 0 Å². The van der Waals surface area contributed by atoms with Gasteiger partial charge in [-0.3, -0.25) is 4.79 Å². The van der Waals surface area contributed by atoms with Crippen LogP contribution >= 0.6 is 0 Å². The summed E-state index contributed by atoms with van der Waals surface area (Å²) >= 11 is 0. The Morgan fingerprint density at radius 3 is 2.46 bits per heavy atom. The first-order valence-corrected chi connectivity index (χ1v) is 8.87. The van der Waals surface area contributed by atoms with Crippen molar-refractivity contribution in [3.8, 4) is 11.4 Å². The van der Waals surface area contributed by atoms with E-state index in [1.165, 1.54) is 11.0 Å². The third-order valence-corrected chi connectivity index (χ3v) is 4.61. The van der Waals surface area contributed by atoms with Crippen LogP contribution in [0.1, 0.15) is 34.6 Å². The van der Waals surface area contributed by atoms with Gasteiger partial charge in [-0.05, 0) is 60.7 Å². The van der Waals surface area contributed by atoms with E-state index >= 15 is 0 Å². The molecule has 0 fully saturated rings. The molecule has 28 heavy (non-hydrogen) atoms. The molecule has 0 aliphatic heterocycles. The van der Waals surface area contributed by atoms with Crippen LogP contribution in [0.15, 0.2) is 67.1 Å². The summed E-state index contributed by atoms with van der Waals surface area (Å²) in [5.74, 6) is -0.150. The third kappa shape index (κ3) is 3.39. The molecule has 4 aromatic rings. The number of rotatable bonds is 5. The largest absolute Gasteiger partial charge is 0.345 e. The topological polar surface area (TPSA) is 90.5 Å². The van der Waals surface area contributed by atoms with Crippen LogP contribution in [0, 0.1) is 6.92 Å². The first-order chi connectivity index (χ1) is 13.6. The Morgan fingerprint density at radius 1 is 1.04 bits per heavy atom. The van der Waals surface area contributed by atoms with Crippen molar-refractivity contribution in [2.75, 3.05) is 0 Å². The molecule has 0 radical (unpaired) electrons. The normalized spacial score (nSPS) is 11.9. The van der Waals surface area contributed by atoms with E-state index in [0.29, 0.717) is 5.56 Å². The minimum Gasteiger partial charge on any atom is -0.345 e. The Bertz CT molecular complexity index is 1070. The average molecular weight is 373 g/mol. The van der Waals surface area contributed by atoms with Gasteiger partial charge >= 0.3 is 0 Å². The number of tetrazole rings is 1. The van der Waals surface area contributed by atoms with Gasteiger partial charge in [0, 0.05) is 16.8 Å². The number of aromatic nitrogens is 6. The van der Waals surface area contributed by atoms with E-state index in [0.717, 1.165) is 22.6 Å². The van der Waals surface area contributed by atoms with Crippen molar-refractivity contribution in [3.63, 3.8) is 0 Å². The van der Waals surface area contributed by atoms with Crippen molar-refractivity contribution in [3.05, 3.63) is 83.9 Å². The number of carbonyl (C=O) groups is 1. The molecule has 140 valence electrons. The Labute approximate surface area is 161 Å². The minimum absolute atomic E-state index is 0.150. The van der Waals surface area contributed by atoms with E-state index in [-0.39, 0.29) is 11.9 Å². The van der Waals surface area contributed by atoms with Crippen molar-refractivity contribution in [1.29, 1.82) is 0 Å². The van der Waals surface area contributed by atoms with Gasteiger partial charge in [0.2, 0.25) is 0 Å². The number of hydrogen-bond donors (Lipinski definition) is 1.